The zero-order chi connectivity index (χ0) is 13.5. The zero-order valence-electron chi connectivity index (χ0n) is 10.7. The van der Waals surface area contributed by atoms with Crippen molar-refractivity contribution in [2.75, 3.05) is 0 Å². The van der Waals surface area contributed by atoms with E-state index in [1.165, 1.54) is 16.2 Å². The highest BCUT2D eigenvalue weighted by Crippen LogP contribution is 2.30. The number of rotatable bonds is 2. The second kappa shape index (κ2) is 4.30. The van der Waals surface area contributed by atoms with Crippen LogP contribution in [0.15, 0.2) is 18.2 Å². The topological polar surface area (TPSA) is 8.81 Å². The molecule has 0 aliphatic carbocycles. The Morgan fingerprint density at radius 3 is 2.39 bits per heavy atom. The van der Waals surface area contributed by atoms with Crippen LogP contribution in [0, 0.1) is 0 Å². The molecule has 0 N–H and O–H groups in total. The fraction of sp³-hybridized carbons (Fsp3) is 0.462. The quantitative estimate of drug-likeness (QED) is 0.731. The number of halogens is 3. The average Bonchev–Trinajstić information content (AvgIpc) is 2.62. The van der Waals surface area contributed by atoms with E-state index in [1.54, 1.807) is 19.1 Å². The first-order chi connectivity index (χ1) is 8.41. The summed E-state index contributed by atoms with van der Waals surface area (Å²) >= 11 is 0. The van der Waals surface area contributed by atoms with E-state index in [0.29, 0.717) is 17.6 Å². The molecule has 0 aliphatic heterocycles. The third kappa shape index (κ3) is 1.78. The summed E-state index contributed by atoms with van der Waals surface area (Å²) in [5.41, 5.74) is 2.27. The first-order valence-electron chi connectivity index (χ1n) is 5.99. The Bertz CT molecular complexity index is 582. The molecule has 0 amide bonds. The van der Waals surface area contributed by atoms with Crippen LogP contribution in [-0.4, -0.2) is 4.57 Å². The molecule has 5 heteroatoms. The number of aromatic nitrogens is 2. The van der Waals surface area contributed by atoms with Gasteiger partial charge in [-0.3, -0.25) is 0 Å². The minimum Gasteiger partial charge on any atom is -0.222 e. The molecule has 0 aliphatic rings. The molecule has 2 aromatic rings. The maximum absolute atomic E-state index is 13.1. The lowest BCUT2D eigenvalue weighted by Crippen LogP contribution is -2.41. The van der Waals surface area contributed by atoms with E-state index in [4.69, 9.17) is 0 Å². The Hall–Kier alpha value is -1.52. The van der Waals surface area contributed by atoms with Crippen molar-refractivity contribution in [3.63, 3.8) is 0 Å². The van der Waals surface area contributed by atoms with Gasteiger partial charge in [0.15, 0.2) is 11.0 Å². The normalized spacial score (nSPS) is 12.3. The highest BCUT2D eigenvalue weighted by molar-refractivity contribution is 5.76. The van der Waals surface area contributed by atoms with Gasteiger partial charge in [-0.05, 0) is 19.4 Å². The van der Waals surface area contributed by atoms with Crippen molar-refractivity contribution >= 4 is 11.0 Å². The lowest BCUT2D eigenvalue weighted by atomic mass is 10.1. The number of aryl methyl sites for hydroxylation is 3. The maximum Gasteiger partial charge on any atom is 0.495 e. The smallest absolute Gasteiger partial charge is 0.222 e. The lowest BCUT2D eigenvalue weighted by molar-refractivity contribution is -0.689. The molecule has 0 fully saturated rings. The van der Waals surface area contributed by atoms with E-state index in [0.717, 1.165) is 12.0 Å². The van der Waals surface area contributed by atoms with E-state index in [1.807, 2.05) is 13.0 Å². The van der Waals surface area contributed by atoms with Crippen molar-refractivity contribution in [3.8, 4) is 0 Å². The van der Waals surface area contributed by atoms with Crippen LogP contribution in [0.3, 0.4) is 0 Å². The minimum atomic E-state index is -4.34. The summed E-state index contributed by atoms with van der Waals surface area (Å²) in [5, 5.41) is 0. The number of fused-ring (bicyclic) bond motifs is 1. The van der Waals surface area contributed by atoms with Crippen LogP contribution in [0.2, 0.25) is 0 Å². The predicted molar refractivity (Wildman–Crippen MR) is 63.2 cm³/mol. The van der Waals surface area contributed by atoms with Gasteiger partial charge in [0.25, 0.3) is 0 Å². The summed E-state index contributed by atoms with van der Waals surface area (Å²) in [7, 11) is 1.47. The standard InChI is InChI=1S/C13H16F3N2/c1-4-9-7-6-8-10-11(9)18(5-2)12(17(10)3)13(14,15)16/h6-8H,4-5H2,1-3H3/q+1. The molecular weight excluding hydrogens is 241 g/mol. The number of alkyl halides is 3. The van der Waals surface area contributed by atoms with Gasteiger partial charge >= 0.3 is 12.0 Å². The third-order valence-electron chi connectivity index (χ3n) is 3.25. The summed E-state index contributed by atoms with van der Waals surface area (Å²) in [5.74, 6) is -0.596. The molecule has 0 bridgehead atoms. The first kappa shape index (κ1) is 12.9. The maximum atomic E-state index is 13.1. The van der Waals surface area contributed by atoms with Crippen LogP contribution in [0.4, 0.5) is 13.2 Å². The molecular formula is C13H16F3N2+. The summed E-state index contributed by atoms with van der Waals surface area (Å²) < 4.78 is 42.0. The SMILES string of the molecule is CCc1cccc2c1[n+](CC)c(C(F)(F)F)n2C. The van der Waals surface area contributed by atoms with Crippen LogP contribution in [0.25, 0.3) is 11.0 Å². The predicted octanol–water partition coefficient (Wildman–Crippen LogP) is 3.07. The molecule has 0 spiro atoms. The van der Waals surface area contributed by atoms with Crippen molar-refractivity contribution in [3.05, 3.63) is 29.6 Å². The van der Waals surface area contributed by atoms with Crippen molar-refractivity contribution in [1.29, 1.82) is 0 Å². The van der Waals surface area contributed by atoms with Gasteiger partial charge in [-0.25, -0.2) is 9.13 Å². The van der Waals surface area contributed by atoms with Gasteiger partial charge in [0.1, 0.15) is 0 Å². The highest BCUT2D eigenvalue weighted by atomic mass is 19.4. The molecule has 1 aromatic carbocycles. The highest BCUT2D eigenvalue weighted by Gasteiger charge is 2.46. The van der Waals surface area contributed by atoms with Crippen molar-refractivity contribution in [2.45, 2.75) is 33.0 Å². The number of para-hydroxylation sites is 1. The summed E-state index contributed by atoms with van der Waals surface area (Å²) in [6.07, 6.45) is -3.62. The molecule has 1 aromatic heterocycles. The van der Waals surface area contributed by atoms with Gasteiger partial charge in [0.2, 0.25) is 0 Å². The molecule has 0 saturated heterocycles. The summed E-state index contributed by atoms with van der Waals surface area (Å²) in [6.45, 7) is 4.00. The Morgan fingerprint density at radius 1 is 1.22 bits per heavy atom. The van der Waals surface area contributed by atoms with E-state index >= 15 is 0 Å². The van der Waals surface area contributed by atoms with Crippen LogP contribution in [0.1, 0.15) is 25.2 Å². The largest absolute Gasteiger partial charge is 0.495 e. The van der Waals surface area contributed by atoms with Gasteiger partial charge < -0.3 is 0 Å². The van der Waals surface area contributed by atoms with E-state index in [2.05, 4.69) is 0 Å². The lowest BCUT2D eigenvalue weighted by Gasteiger charge is -2.04. The van der Waals surface area contributed by atoms with Crippen LogP contribution >= 0.6 is 0 Å². The van der Waals surface area contributed by atoms with Crippen molar-refractivity contribution in [2.24, 2.45) is 7.05 Å². The third-order valence-corrected chi connectivity index (χ3v) is 3.25. The number of imidazole rings is 1. The number of benzene rings is 1. The monoisotopic (exact) mass is 257 g/mol. The fourth-order valence-corrected chi connectivity index (χ4v) is 2.50. The summed E-state index contributed by atoms with van der Waals surface area (Å²) in [6, 6.07) is 5.42. The van der Waals surface area contributed by atoms with Gasteiger partial charge in [-0.15, -0.1) is 0 Å². The van der Waals surface area contributed by atoms with Crippen LogP contribution in [0.5, 0.6) is 0 Å². The zero-order valence-corrected chi connectivity index (χ0v) is 10.7. The number of nitrogens with zero attached hydrogens (tertiary/aromatic N) is 2. The molecule has 98 valence electrons. The number of hydrogen-bond donors (Lipinski definition) is 0. The Morgan fingerprint density at radius 2 is 1.89 bits per heavy atom. The van der Waals surface area contributed by atoms with Crippen molar-refractivity contribution in [1.82, 2.24) is 4.57 Å². The molecule has 2 nitrogen and oxygen atoms in total. The van der Waals surface area contributed by atoms with Gasteiger partial charge in [0.05, 0.1) is 13.6 Å². The second-order valence-electron chi connectivity index (χ2n) is 4.26. The fourth-order valence-electron chi connectivity index (χ4n) is 2.50. The van der Waals surface area contributed by atoms with Crippen LogP contribution in [-0.2, 0) is 26.2 Å². The second-order valence-corrected chi connectivity index (χ2v) is 4.26. The molecule has 0 saturated carbocycles. The molecule has 2 rings (SSSR count). The summed E-state index contributed by atoms with van der Waals surface area (Å²) in [4.78, 5) is 0. The van der Waals surface area contributed by atoms with E-state index < -0.39 is 12.0 Å². The average molecular weight is 257 g/mol. The molecule has 0 radical (unpaired) electrons. The minimum absolute atomic E-state index is 0.309. The molecule has 0 atom stereocenters. The Kier molecular flexibility index (Phi) is 3.09. The molecule has 18 heavy (non-hydrogen) atoms. The van der Waals surface area contributed by atoms with Gasteiger partial charge in [-0.2, -0.15) is 13.2 Å². The molecule has 1 heterocycles. The van der Waals surface area contributed by atoms with Crippen LogP contribution < -0.4 is 4.57 Å². The Labute approximate surface area is 104 Å². The van der Waals surface area contributed by atoms with Gasteiger partial charge in [-0.1, -0.05) is 19.1 Å². The van der Waals surface area contributed by atoms with Crippen molar-refractivity contribution < 1.29 is 17.7 Å². The van der Waals surface area contributed by atoms with Gasteiger partial charge in [0, 0.05) is 5.56 Å². The Balaban J connectivity index is 2.93. The van der Waals surface area contributed by atoms with E-state index in [9.17, 15) is 13.2 Å². The first-order valence-corrected chi connectivity index (χ1v) is 5.99. The number of hydrogen-bond acceptors (Lipinski definition) is 0. The molecule has 0 unspecified atom stereocenters. The van der Waals surface area contributed by atoms with E-state index in [-0.39, 0.29) is 0 Å².